The van der Waals surface area contributed by atoms with Crippen molar-refractivity contribution in [1.29, 1.82) is 0 Å². The second-order valence-electron chi connectivity index (χ2n) is 9.12. The third-order valence-corrected chi connectivity index (χ3v) is 6.01. The van der Waals surface area contributed by atoms with Gasteiger partial charge in [-0.05, 0) is 51.4 Å². The first-order valence-corrected chi connectivity index (χ1v) is 12.1. The number of ketones is 1. The monoisotopic (exact) mass is 428 g/mol. The smallest absolute Gasteiger partial charge is 0.220 e. The Hall–Kier alpha value is -1.43. The first-order valence-electron chi connectivity index (χ1n) is 12.1. The Morgan fingerprint density at radius 1 is 1.00 bits per heavy atom. The zero-order valence-electron chi connectivity index (χ0n) is 19.4. The molecule has 2 aliphatic carbocycles. The molecule has 0 unspecified atom stereocenters. The minimum absolute atomic E-state index is 0. The topological polar surface area (TPSA) is 98.5 Å². The van der Waals surface area contributed by atoms with E-state index >= 15 is 0 Å². The molecule has 3 N–H and O–H groups in total. The van der Waals surface area contributed by atoms with Crippen molar-refractivity contribution in [3.63, 3.8) is 0 Å². The molecule has 2 aliphatic rings. The van der Waals surface area contributed by atoms with Crippen molar-refractivity contribution in [2.45, 2.75) is 116 Å². The molecule has 2 fully saturated rings. The summed E-state index contributed by atoms with van der Waals surface area (Å²) in [6.07, 6.45) is 13.0. The van der Waals surface area contributed by atoms with Gasteiger partial charge in [-0.2, -0.15) is 0 Å². The Morgan fingerprint density at radius 2 is 1.63 bits per heavy atom. The number of ether oxygens (including phenoxy) is 1. The molecule has 0 aliphatic heterocycles. The van der Waals surface area contributed by atoms with Gasteiger partial charge in [-0.25, -0.2) is 0 Å². The minimum atomic E-state index is -0.272. The number of Topliss-reactive ketones (excluding diaryl/α,β-unsaturated/α-hetero) is 1. The Balaban J connectivity index is 0. The third kappa shape index (κ3) is 11.7. The second-order valence-corrected chi connectivity index (χ2v) is 9.12. The lowest BCUT2D eigenvalue weighted by Gasteiger charge is -2.29. The number of rotatable bonds is 10. The van der Waals surface area contributed by atoms with E-state index in [0.29, 0.717) is 43.6 Å². The highest BCUT2D eigenvalue weighted by molar-refractivity contribution is 5.82. The van der Waals surface area contributed by atoms with Gasteiger partial charge in [0.25, 0.3) is 0 Å². The van der Waals surface area contributed by atoms with E-state index < -0.39 is 0 Å². The van der Waals surface area contributed by atoms with Gasteiger partial charge < -0.3 is 15.8 Å². The number of carbonyl (C=O) groups is 3. The van der Waals surface area contributed by atoms with E-state index in [2.05, 4.69) is 5.32 Å². The van der Waals surface area contributed by atoms with Crippen LogP contribution in [0.2, 0.25) is 0 Å². The van der Waals surface area contributed by atoms with E-state index in [9.17, 15) is 14.4 Å². The van der Waals surface area contributed by atoms with Gasteiger partial charge in [0.2, 0.25) is 11.8 Å². The lowest BCUT2D eigenvalue weighted by atomic mass is 9.83. The molecule has 2 rings (SSSR count). The number of hydrogen-bond donors (Lipinski definition) is 2. The van der Waals surface area contributed by atoms with E-state index in [1.807, 2.05) is 20.8 Å². The average molecular weight is 429 g/mol. The summed E-state index contributed by atoms with van der Waals surface area (Å²) < 4.78 is 5.71. The molecule has 0 radical (unpaired) electrons. The highest BCUT2D eigenvalue weighted by atomic mass is 16.5. The van der Waals surface area contributed by atoms with Gasteiger partial charge in [-0.15, -0.1) is 0 Å². The SMILES string of the molecule is CC(C)C(=O)C1CCCCC1.CCCC(=O)NC1CCC(OCCCC(N)=O)CC1.[HH].[HH]. The molecular weight excluding hydrogens is 380 g/mol. The van der Waals surface area contributed by atoms with Gasteiger partial charge in [-0.3, -0.25) is 14.4 Å². The first-order chi connectivity index (χ1) is 14.3. The van der Waals surface area contributed by atoms with Crippen LogP contribution in [0.25, 0.3) is 0 Å². The number of carbonyl (C=O) groups excluding carboxylic acids is 3. The van der Waals surface area contributed by atoms with E-state index in [1.165, 1.54) is 19.3 Å². The number of hydrogen-bond acceptors (Lipinski definition) is 4. The fraction of sp³-hybridized carbons (Fsp3) is 0.875. The van der Waals surface area contributed by atoms with Gasteiger partial charge in [0.1, 0.15) is 5.78 Å². The summed E-state index contributed by atoms with van der Waals surface area (Å²) in [5.41, 5.74) is 5.07. The maximum absolute atomic E-state index is 11.5. The number of amides is 2. The Kier molecular flexibility index (Phi) is 13.6. The largest absolute Gasteiger partial charge is 0.378 e. The molecule has 178 valence electrons. The number of primary amides is 1. The van der Waals surface area contributed by atoms with Gasteiger partial charge >= 0.3 is 0 Å². The molecule has 0 atom stereocenters. The van der Waals surface area contributed by atoms with Crippen molar-refractivity contribution in [1.82, 2.24) is 5.32 Å². The lowest BCUT2D eigenvalue weighted by Crippen LogP contribution is -2.39. The third-order valence-electron chi connectivity index (χ3n) is 6.01. The summed E-state index contributed by atoms with van der Waals surface area (Å²) in [7, 11) is 0. The molecule has 0 saturated heterocycles. The van der Waals surface area contributed by atoms with Crippen LogP contribution in [0.1, 0.15) is 107 Å². The lowest BCUT2D eigenvalue weighted by molar-refractivity contribution is -0.126. The van der Waals surface area contributed by atoms with E-state index in [1.54, 1.807) is 0 Å². The van der Waals surface area contributed by atoms with Crippen LogP contribution in [0.5, 0.6) is 0 Å². The molecular formula is C24H48N2O4. The van der Waals surface area contributed by atoms with Crippen LogP contribution in [-0.4, -0.2) is 36.4 Å². The molecule has 2 amide bonds. The predicted molar refractivity (Wildman–Crippen MR) is 124 cm³/mol. The molecule has 0 aromatic carbocycles. The summed E-state index contributed by atoms with van der Waals surface area (Å²) in [5.74, 6) is 1.03. The fourth-order valence-corrected chi connectivity index (χ4v) is 4.26. The van der Waals surface area contributed by atoms with Crippen LogP contribution in [0.15, 0.2) is 0 Å². The van der Waals surface area contributed by atoms with Crippen molar-refractivity contribution in [3.05, 3.63) is 0 Å². The maximum Gasteiger partial charge on any atom is 0.220 e. The molecule has 0 bridgehead atoms. The van der Waals surface area contributed by atoms with Crippen molar-refractivity contribution in [3.8, 4) is 0 Å². The van der Waals surface area contributed by atoms with Crippen LogP contribution in [0.4, 0.5) is 0 Å². The van der Waals surface area contributed by atoms with E-state index in [4.69, 9.17) is 10.5 Å². The molecule has 0 aromatic rings. The normalized spacial score (nSPS) is 22.1. The highest BCUT2D eigenvalue weighted by Crippen LogP contribution is 2.26. The van der Waals surface area contributed by atoms with Gasteiger partial charge in [-0.1, -0.05) is 40.0 Å². The number of nitrogens with two attached hydrogens (primary N) is 1. The average Bonchev–Trinajstić information content (AvgIpc) is 2.73. The standard InChI is InChI=1S/C14H26N2O3.C10H18O.2H2/c1-2-4-14(18)16-11-6-8-12(9-7-11)19-10-3-5-13(15)17;1-8(2)10(11)9-6-4-3-5-7-9;;/h11-12H,2-10H2,1H3,(H2,15,17)(H,16,18);8-9H,3-7H2,1-2H3;2*1H. The van der Waals surface area contributed by atoms with Gasteiger partial charge in [0, 0.05) is 40.2 Å². The summed E-state index contributed by atoms with van der Waals surface area (Å²) in [6.45, 7) is 6.63. The van der Waals surface area contributed by atoms with Crippen molar-refractivity contribution < 1.29 is 22.0 Å². The molecule has 0 heterocycles. The van der Waals surface area contributed by atoms with Crippen molar-refractivity contribution >= 4 is 17.6 Å². The van der Waals surface area contributed by atoms with Gasteiger partial charge in [0.05, 0.1) is 6.10 Å². The zero-order chi connectivity index (χ0) is 22.4. The molecule has 0 aromatic heterocycles. The maximum atomic E-state index is 11.5. The quantitative estimate of drug-likeness (QED) is 0.489. The van der Waals surface area contributed by atoms with Crippen LogP contribution < -0.4 is 11.1 Å². The Labute approximate surface area is 186 Å². The van der Waals surface area contributed by atoms with Gasteiger partial charge in [0.15, 0.2) is 0 Å². The summed E-state index contributed by atoms with van der Waals surface area (Å²) >= 11 is 0. The Morgan fingerprint density at radius 3 is 2.17 bits per heavy atom. The fourth-order valence-electron chi connectivity index (χ4n) is 4.26. The van der Waals surface area contributed by atoms with E-state index in [-0.39, 0.29) is 26.7 Å². The minimum Gasteiger partial charge on any atom is -0.378 e. The van der Waals surface area contributed by atoms with Crippen LogP contribution in [0.3, 0.4) is 0 Å². The second kappa shape index (κ2) is 15.4. The van der Waals surface area contributed by atoms with Crippen molar-refractivity contribution in [2.24, 2.45) is 17.6 Å². The van der Waals surface area contributed by atoms with Crippen LogP contribution in [0, 0.1) is 11.8 Å². The summed E-state index contributed by atoms with van der Waals surface area (Å²) in [4.78, 5) is 33.6. The predicted octanol–water partition coefficient (Wildman–Crippen LogP) is 4.78. The molecule has 30 heavy (non-hydrogen) atoms. The van der Waals surface area contributed by atoms with Crippen LogP contribution in [-0.2, 0) is 19.1 Å². The molecule has 0 spiro atoms. The van der Waals surface area contributed by atoms with E-state index in [0.717, 1.165) is 44.9 Å². The molecule has 6 nitrogen and oxygen atoms in total. The Bertz CT molecular complexity index is 518. The zero-order valence-corrected chi connectivity index (χ0v) is 19.4. The van der Waals surface area contributed by atoms with Crippen molar-refractivity contribution in [2.75, 3.05) is 6.61 Å². The summed E-state index contributed by atoms with van der Waals surface area (Å²) in [6, 6.07) is 0.310. The van der Waals surface area contributed by atoms with Crippen LogP contribution >= 0.6 is 0 Å². The summed E-state index contributed by atoms with van der Waals surface area (Å²) in [5, 5.41) is 3.07. The molecule has 2 saturated carbocycles. The highest BCUT2D eigenvalue weighted by Gasteiger charge is 2.23. The number of nitrogens with one attached hydrogen (secondary N) is 1. The first kappa shape index (κ1) is 26.6. The molecule has 6 heteroatoms.